The van der Waals surface area contributed by atoms with Crippen LogP contribution in [-0.2, 0) is 0 Å². The van der Waals surface area contributed by atoms with Crippen molar-refractivity contribution in [2.75, 3.05) is 11.9 Å². The monoisotopic (exact) mass is 328 g/mol. The van der Waals surface area contributed by atoms with E-state index in [4.69, 9.17) is 16.3 Å². The molecule has 0 amide bonds. The Morgan fingerprint density at radius 1 is 1.28 bits per heavy atom. The zero-order valence-electron chi connectivity index (χ0n) is 9.52. The molecule has 0 aliphatic carbocycles. The number of halogens is 2. The maximum absolute atomic E-state index is 5.80. The third-order valence-corrected chi connectivity index (χ3v) is 2.84. The van der Waals surface area contributed by atoms with Crippen molar-refractivity contribution in [2.45, 2.75) is 6.92 Å². The molecule has 2 aromatic rings. The van der Waals surface area contributed by atoms with Crippen molar-refractivity contribution in [3.05, 3.63) is 34.0 Å². The Hall–Kier alpha value is -1.40. The predicted octanol–water partition coefficient (Wildman–Crippen LogP) is 3.43. The molecule has 2 rings (SSSR count). The first-order valence-electron chi connectivity index (χ1n) is 5.25. The number of hydrogen-bond donors (Lipinski definition) is 1. The Kier molecular flexibility index (Phi) is 4.33. The Morgan fingerprint density at radius 2 is 2.06 bits per heavy atom. The number of nitrogens with one attached hydrogen (secondary N) is 1. The molecule has 0 fully saturated rings. The van der Waals surface area contributed by atoms with E-state index in [1.165, 1.54) is 0 Å². The third-order valence-electron chi connectivity index (χ3n) is 1.98. The average molecular weight is 330 g/mol. The van der Waals surface area contributed by atoms with Crippen LogP contribution in [0.1, 0.15) is 6.92 Å². The highest BCUT2D eigenvalue weighted by molar-refractivity contribution is 9.10. The normalized spacial score (nSPS) is 10.2. The number of anilines is 2. The molecular formula is C11H10BrClN4O. The van der Waals surface area contributed by atoms with E-state index in [1.807, 2.05) is 31.2 Å². The number of rotatable bonds is 4. The van der Waals surface area contributed by atoms with Crippen molar-refractivity contribution < 1.29 is 4.74 Å². The first kappa shape index (κ1) is 13.0. The lowest BCUT2D eigenvalue weighted by Crippen LogP contribution is -2.04. The van der Waals surface area contributed by atoms with Crippen LogP contribution in [0.15, 0.2) is 28.7 Å². The molecule has 0 atom stereocenters. The van der Waals surface area contributed by atoms with E-state index >= 15 is 0 Å². The zero-order valence-corrected chi connectivity index (χ0v) is 11.9. The topological polar surface area (TPSA) is 59.9 Å². The first-order chi connectivity index (χ1) is 8.69. The molecule has 94 valence electrons. The van der Waals surface area contributed by atoms with Crippen LogP contribution in [0.4, 0.5) is 11.6 Å². The number of benzene rings is 1. The highest BCUT2D eigenvalue weighted by Gasteiger charge is 2.07. The summed E-state index contributed by atoms with van der Waals surface area (Å²) in [6.45, 7) is 2.31. The van der Waals surface area contributed by atoms with Gasteiger partial charge < -0.3 is 10.1 Å². The SMILES string of the molecule is CCOc1nc(Cl)nc(Nc2ccccc2Br)n1. The molecule has 1 aromatic heterocycles. The summed E-state index contributed by atoms with van der Waals surface area (Å²) in [5.41, 5.74) is 0.835. The van der Waals surface area contributed by atoms with Gasteiger partial charge in [-0.3, -0.25) is 0 Å². The van der Waals surface area contributed by atoms with Gasteiger partial charge in [-0.15, -0.1) is 0 Å². The Bertz CT molecular complexity index is 552. The third kappa shape index (κ3) is 3.30. The fourth-order valence-corrected chi connectivity index (χ4v) is 1.80. The number of nitrogens with zero attached hydrogens (tertiary/aromatic N) is 3. The van der Waals surface area contributed by atoms with Gasteiger partial charge in [0.1, 0.15) is 0 Å². The molecule has 0 saturated carbocycles. The Labute approximate surface area is 118 Å². The molecule has 18 heavy (non-hydrogen) atoms. The van der Waals surface area contributed by atoms with Gasteiger partial charge in [0.25, 0.3) is 0 Å². The van der Waals surface area contributed by atoms with E-state index in [0.717, 1.165) is 10.2 Å². The van der Waals surface area contributed by atoms with Crippen LogP contribution in [-0.4, -0.2) is 21.6 Å². The average Bonchev–Trinajstić information content (AvgIpc) is 2.32. The summed E-state index contributed by atoms with van der Waals surface area (Å²) in [5.74, 6) is 0.338. The van der Waals surface area contributed by atoms with Crippen LogP contribution in [0.25, 0.3) is 0 Å². The largest absolute Gasteiger partial charge is 0.464 e. The van der Waals surface area contributed by atoms with Gasteiger partial charge in [-0.2, -0.15) is 15.0 Å². The van der Waals surface area contributed by atoms with E-state index in [9.17, 15) is 0 Å². The van der Waals surface area contributed by atoms with Crippen LogP contribution in [0.3, 0.4) is 0 Å². The summed E-state index contributed by atoms with van der Waals surface area (Å²) < 4.78 is 6.10. The fourth-order valence-electron chi connectivity index (χ4n) is 1.26. The smallest absolute Gasteiger partial charge is 0.322 e. The van der Waals surface area contributed by atoms with Crippen LogP contribution < -0.4 is 10.1 Å². The molecule has 0 spiro atoms. The number of para-hydroxylation sites is 1. The molecule has 5 nitrogen and oxygen atoms in total. The summed E-state index contributed by atoms with van der Waals surface area (Å²) in [5, 5.41) is 3.12. The highest BCUT2D eigenvalue weighted by Crippen LogP contribution is 2.24. The summed E-state index contributed by atoms with van der Waals surface area (Å²) >= 11 is 9.22. The van der Waals surface area contributed by atoms with E-state index in [-0.39, 0.29) is 11.3 Å². The molecule has 7 heteroatoms. The lowest BCUT2D eigenvalue weighted by Gasteiger charge is -2.08. The molecule has 0 bridgehead atoms. The minimum atomic E-state index is 0.0861. The lowest BCUT2D eigenvalue weighted by atomic mass is 10.3. The van der Waals surface area contributed by atoms with Crippen molar-refractivity contribution in [1.29, 1.82) is 0 Å². The van der Waals surface area contributed by atoms with Crippen molar-refractivity contribution in [1.82, 2.24) is 15.0 Å². The second-order valence-electron chi connectivity index (χ2n) is 3.25. The Balaban J connectivity index is 2.26. The maximum atomic E-state index is 5.80. The van der Waals surface area contributed by atoms with E-state index in [1.54, 1.807) is 0 Å². The van der Waals surface area contributed by atoms with E-state index in [2.05, 4.69) is 36.2 Å². The molecule has 1 heterocycles. The molecule has 0 saturated heterocycles. The maximum Gasteiger partial charge on any atom is 0.322 e. The number of hydrogen-bond acceptors (Lipinski definition) is 5. The quantitative estimate of drug-likeness (QED) is 0.931. The summed E-state index contributed by atoms with van der Waals surface area (Å²) in [6.07, 6.45) is 0. The van der Waals surface area contributed by atoms with Crippen LogP contribution in [0, 0.1) is 0 Å². The minimum absolute atomic E-state index is 0.0861. The molecule has 0 radical (unpaired) electrons. The van der Waals surface area contributed by atoms with Gasteiger partial charge in [0, 0.05) is 4.47 Å². The Morgan fingerprint density at radius 3 is 2.78 bits per heavy atom. The summed E-state index contributed by atoms with van der Waals surface area (Å²) in [7, 11) is 0. The van der Waals surface area contributed by atoms with Gasteiger partial charge in [-0.1, -0.05) is 12.1 Å². The first-order valence-corrected chi connectivity index (χ1v) is 6.42. The van der Waals surface area contributed by atoms with Crippen LogP contribution in [0.5, 0.6) is 6.01 Å². The number of aromatic nitrogens is 3. The van der Waals surface area contributed by atoms with Crippen LogP contribution >= 0.6 is 27.5 Å². The van der Waals surface area contributed by atoms with Crippen LogP contribution in [0.2, 0.25) is 5.28 Å². The van der Waals surface area contributed by atoms with Gasteiger partial charge in [0.05, 0.1) is 12.3 Å². The van der Waals surface area contributed by atoms with E-state index < -0.39 is 0 Å². The summed E-state index contributed by atoms with van der Waals surface area (Å²) in [6, 6.07) is 7.82. The standard InChI is InChI=1S/C11H10BrClN4O/c1-2-18-11-16-9(13)15-10(17-11)14-8-6-4-3-5-7(8)12/h3-6H,2H2,1H3,(H,14,15,16,17). The van der Waals surface area contributed by atoms with E-state index in [0.29, 0.717) is 12.6 Å². The fraction of sp³-hybridized carbons (Fsp3) is 0.182. The predicted molar refractivity (Wildman–Crippen MR) is 73.4 cm³/mol. The molecule has 1 aromatic carbocycles. The molecular weight excluding hydrogens is 320 g/mol. The zero-order chi connectivity index (χ0) is 13.0. The van der Waals surface area contributed by atoms with Crippen molar-refractivity contribution >= 4 is 39.2 Å². The second kappa shape index (κ2) is 5.97. The van der Waals surface area contributed by atoms with Gasteiger partial charge in [-0.25, -0.2) is 0 Å². The molecule has 0 unspecified atom stereocenters. The summed E-state index contributed by atoms with van der Waals surface area (Å²) in [4.78, 5) is 11.9. The van der Waals surface area contributed by atoms with Crippen molar-refractivity contribution in [2.24, 2.45) is 0 Å². The van der Waals surface area contributed by atoms with Gasteiger partial charge in [0.15, 0.2) is 0 Å². The van der Waals surface area contributed by atoms with Gasteiger partial charge in [0.2, 0.25) is 11.2 Å². The van der Waals surface area contributed by atoms with Gasteiger partial charge in [-0.05, 0) is 46.6 Å². The van der Waals surface area contributed by atoms with Crippen molar-refractivity contribution in [3.63, 3.8) is 0 Å². The molecule has 0 aliphatic rings. The lowest BCUT2D eigenvalue weighted by molar-refractivity contribution is 0.312. The highest BCUT2D eigenvalue weighted by atomic mass is 79.9. The van der Waals surface area contributed by atoms with Crippen molar-refractivity contribution in [3.8, 4) is 6.01 Å². The van der Waals surface area contributed by atoms with Gasteiger partial charge >= 0.3 is 6.01 Å². The number of ether oxygens (including phenoxy) is 1. The molecule has 0 aliphatic heterocycles. The second-order valence-corrected chi connectivity index (χ2v) is 4.44. The minimum Gasteiger partial charge on any atom is -0.464 e. The molecule has 1 N–H and O–H groups in total.